The molecule has 0 saturated carbocycles. The summed E-state index contributed by atoms with van der Waals surface area (Å²) in [6.45, 7) is 3.87. The minimum atomic E-state index is -0.0487. The van der Waals surface area contributed by atoms with Gasteiger partial charge in [-0.2, -0.15) is 0 Å². The number of carbonyl (C=O) groups excluding carboxylic acids is 1. The third-order valence-corrected chi connectivity index (χ3v) is 1.54. The molecule has 0 rings (SSSR count). The molecule has 0 saturated heterocycles. The van der Waals surface area contributed by atoms with Crippen LogP contribution in [0.3, 0.4) is 0 Å². The van der Waals surface area contributed by atoms with E-state index in [0.29, 0.717) is 6.42 Å². The van der Waals surface area contributed by atoms with Crippen molar-refractivity contribution in [2.45, 2.75) is 39.2 Å². The van der Waals surface area contributed by atoms with Crippen LogP contribution in [0.5, 0.6) is 0 Å². The Kier molecular flexibility index (Phi) is 5.84. The Hall–Kier alpha value is -0.570. The average molecular weight is 159 g/mol. The summed E-state index contributed by atoms with van der Waals surface area (Å²) >= 11 is 0. The molecular formula is C8H17NO2. The molecule has 1 atom stereocenters. The maximum Gasteiger partial charge on any atom is 0.220 e. The first-order valence-electron chi connectivity index (χ1n) is 4.14. The van der Waals surface area contributed by atoms with Crippen molar-refractivity contribution in [3.05, 3.63) is 0 Å². The minimum absolute atomic E-state index is 0.0116. The molecule has 0 fully saturated rings. The van der Waals surface area contributed by atoms with E-state index in [9.17, 15) is 4.79 Å². The summed E-state index contributed by atoms with van der Waals surface area (Å²) in [5, 5.41) is 11.5. The summed E-state index contributed by atoms with van der Waals surface area (Å²) in [6.07, 6.45) is 2.32. The summed E-state index contributed by atoms with van der Waals surface area (Å²) in [5.74, 6) is 0.0116. The van der Waals surface area contributed by atoms with Crippen molar-refractivity contribution in [2.24, 2.45) is 0 Å². The lowest BCUT2D eigenvalue weighted by atomic mass is 10.2. The van der Waals surface area contributed by atoms with Gasteiger partial charge in [-0.05, 0) is 6.42 Å². The largest absolute Gasteiger partial charge is 0.394 e. The summed E-state index contributed by atoms with van der Waals surface area (Å²) in [4.78, 5) is 10.8. The lowest BCUT2D eigenvalue weighted by Gasteiger charge is -2.14. The van der Waals surface area contributed by atoms with Gasteiger partial charge in [-0.15, -0.1) is 0 Å². The molecule has 0 aromatic carbocycles. The number of carbonyl (C=O) groups is 1. The number of amides is 1. The molecule has 1 unspecified atom stereocenters. The van der Waals surface area contributed by atoms with Crippen LogP contribution in [-0.4, -0.2) is 23.7 Å². The van der Waals surface area contributed by atoms with Crippen LogP contribution in [0.25, 0.3) is 0 Å². The van der Waals surface area contributed by atoms with E-state index < -0.39 is 0 Å². The van der Waals surface area contributed by atoms with Crippen LogP contribution >= 0.6 is 0 Å². The van der Waals surface area contributed by atoms with Crippen LogP contribution < -0.4 is 5.32 Å². The van der Waals surface area contributed by atoms with Crippen molar-refractivity contribution in [1.29, 1.82) is 0 Å². The molecule has 0 aromatic rings. The van der Waals surface area contributed by atoms with E-state index in [0.717, 1.165) is 12.8 Å². The Labute approximate surface area is 67.8 Å². The minimum Gasteiger partial charge on any atom is -0.394 e. The van der Waals surface area contributed by atoms with Gasteiger partial charge in [0.25, 0.3) is 0 Å². The van der Waals surface area contributed by atoms with Crippen LogP contribution in [0.2, 0.25) is 0 Å². The molecule has 3 nitrogen and oxygen atoms in total. The quantitative estimate of drug-likeness (QED) is 0.619. The van der Waals surface area contributed by atoms with Gasteiger partial charge in [-0.3, -0.25) is 4.79 Å². The fourth-order valence-corrected chi connectivity index (χ4v) is 0.887. The molecule has 0 spiro atoms. The Morgan fingerprint density at radius 2 is 2.18 bits per heavy atom. The summed E-state index contributed by atoms with van der Waals surface area (Å²) in [7, 11) is 0. The standard InChI is InChI=1S/C8H17NO2/c1-3-5-7(6-10)9-8(11)4-2/h7,10H,3-6H2,1-2H3,(H,9,11). The highest BCUT2D eigenvalue weighted by Crippen LogP contribution is 1.95. The fourth-order valence-electron chi connectivity index (χ4n) is 0.887. The second-order valence-electron chi connectivity index (χ2n) is 2.59. The van der Waals surface area contributed by atoms with E-state index in [4.69, 9.17) is 5.11 Å². The first-order chi connectivity index (χ1) is 5.24. The molecule has 66 valence electrons. The van der Waals surface area contributed by atoms with Crippen LogP contribution in [-0.2, 0) is 4.79 Å². The molecule has 2 N–H and O–H groups in total. The van der Waals surface area contributed by atoms with Gasteiger partial charge in [0.1, 0.15) is 0 Å². The van der Waals surface area contributed by atoms with Gasteiger partial charge in [0.05, 0.1) is 12.6 Å². The Balaban J connectivity index is 3.58. The van der Waals surface area contributed by atoms with E-state index >= 15 is 0 Å². The smallest absolute Gasteiger partial charge is 0.220 e. The molecule has 0 heterocycles. The van der Waals surface area contributed by atoms with Crippen molar-refractivity contribution >= 4 is 5.91 Å². The topological polar surface area (TPSA) is 49.3 Å². The molecule has 0 bridgehead atoms. The second-order valence-corrected chi connectivity index (χ2v) is 2.59. The molecule has 0 aliphatic rings. The van der Waals surface area contributed by atoms with Gasteiger partial charge in [-0.25, -0.2) is 0 Å². The Morgan fingerprint density at radius 3 is 2.55 bits per heavy atom. The van der Waals surface area contributed by atoms with E-state index in [1.807, 2.05) is 6.92 Å². The molecule has 3 heteroatoms. The van der Waals surface area contributed by atoms with Gasteiger partial charge < -0.3 is 10.4 Å². The van der Waals surface area contributed by atoms with E-state index in [2.05, 4.69) is 5.32 Å². The number of rotatable bonds is 5. The number of hydrogen-bond donors (Lipinski definition) is 2. The summed E-state index contributed by atoms with van der Waals surface area (Å²) in [6, 6.07) is -0.0487. The van der Waals surface area contributed by atoms with Crippen LogP contribution in [0.1, 0.15) is 33.1 Å². The van der Waals surface area contributed by atoms with Crippen molar-refractivity contribution in [3.63, 3.8) is 0 Å². The molecule has 11 heavy (non-hydrogen) atoms. The molecule has 1 amide bonds. The highest BCUT2D eigenvalue weighted by atomic mass is 16.3. The lowest BCUT2D eigenvalue weighted by molar-refractivity contribution is -0.121. The first-order valence-corrected chi connectivity index (χ1v) is 4.14. The van der Waals surface area contributed by atoms with Gasteiger partial charge in [0.15, 0.2) is 0 Å². The number of aliphatic hydroxyl groups excluding tert-OH is 1. The zero-order chi connectivity index (χ0) is 8.69. The van der Waals surface area contributed by atoms with Crippen LogP contribution in [0.15, 0.2) is 0 Å². The Morgan fingerprint density at radius 1 is 1.55 bits per heavy atom. The van der Waals surface area contributed by atoms with Crippen molar-refractivity contribution in [3.8, 4) is 0 Å². The molecule has 0 aliphatic heterocycles. The Bertz CT molecular complexity index is 115. The zero-order valence-corrected chi connectivity index (χ0v) is 7.26. The average Bonchev–Trinajstić information content (AvgIpc) is 2.03. The lowest BCUT2D eigenvalue weighted by Crippen LogP contribution is -2.36. The summed E-state index contributed by atoms with van der Waals surface area (Å²) < 4.78 is 0. The van der Waals surface area contributed by atoms with Gasteiger partial charge >= 0.3 is 0 Å². The monoisotopic (exact) mass is 159 g/mol. The number of hydrogen-bond acceptors (Lipinski definition) is 2. The number of nitrogens with one attached hydrogen (secondary N) is 1. The highest BCUT2D eigenvalue weighted by Gasteiger charge is 2.07. The fraction of sp³-hybridized carbons (Fsp3) is 0.875. The third kappa shape index (κ3) is 4.79. The summed E-state index contributed by atoms with van der Waals surface area (Å²) in [5.41, 5.74) is 0. The zero-order valence-electron chi connectivity index (χ0n) is 7.26. The molecule has 0 aliphatic carbocycles. The van der Waals surface area contributed by atoms with Gasteiger partial charge in [0, 0.05) is 6.42 Å². The predicted octanol–water partition coefficient (Wildman–Crippen LogP) is 0.674. The maximum absolute atomic E-state index is 10.8. The van der Waals surface area contributed by atoms with Crippen molar-refractivity contribution in [2.75, 3.05) is 6.61 Å². The van der Waals surface area contributed by atoms with Crippen molar-refractivity contribution in [1.82, 2.24) is 5.32 Å². The number of aliphatic hydroxyl groups is 1. The van der Waals surface area contributed by atoms with Gasteiger partial charge in [0.2, 0.25) is 5.91 Å². The molecule has 0 aromatic heterocycles. The molecule has 0 radical (unpaired) electrons. The third-order valence-electron chi connectivity index (χ3n) is 1.54. The predicted molar refractivity (Wildman–Crippen MR) is 44.2 cm³/mol. The van der Waals surface area contributed by atoms with E-state index in [1.165, 1.54) is 0 Å². The van der Waals surface area contributed by atoms with E-state index in [-0.39, 0.29) is 18.6 Å². The molecular weight excluding hydrogens is 142 g/mol. The van der Waals surface area contributed by atoms with Crippen LogP contribution in [0, 0.1) is 0 Å². The van der Waals surface area contributed by atoms with E-state index in [1.54, 1.807) is 6.92 Å². The maximum atomic E-state index is 10.8. The first kappa shape index (κ1) is 10.4. The van der Waals surface area contributed by atoms with Crippen LogP contribution in [0.4, 0.5) is 0 Å². The SMILES string of the molecule is CCCC(CO)NC(=O)CC. The normalized spacial score (nSPS) is 12.6. The highest BCUT2D eigenvalue weighted by molar-refractivity contribution is 5.75. The van der Waals surface area contributed by atoms with Gasteiger partial charge in [-0.1, -0.05) is 20.3 Å². The second kappa shape index (κ2) is 6.16. The van der Waals surface area contributed by atoms with Crippen molar-refractivity contribution < 1.29 is 9.90 Å².